The van der Waals surface area contributed by atoms with Crippen LogP contribution in [0.2, 0.25) is 0 Å². The molecule has 1 saturated carbocycles. The average molecular weight is 609 g/mol. The minimum absolute atomic E-state index is 0. The van der Waals surface area contributed by atoms with Gasteiger partial charge in [-0.1, -0.05) is 12.8 Å². The van der Waals surface area contributed by atoms with Crippen LogP contribution in [0.5, 0.6) is 0 Å². The van der Waals surface area contributed by atoms with E-state index >= 15 is 0 Å². The summed E-state index contributed by atoms with van der Waals surface area (Å²) in [6, 6.07) is 5.81. The van der Waals surface area contributed by atoms with E-state index in [2.05, 4.69) is 22.2 Å². The fraction of sp³-hybridized carbons (Fsp3) is 0.640. The predicted octanol–water partition coefficient (Wildman–Crippen LogP) is 1.70. The molecule has 8 nitrogen and oxygen atoms in total. The monoisotopic (exact) mass is 608 g/mol. The Bertz CT molecular complexity index is 946. The summed E-state index contributed by atoms with van der Waals surface area (Å²) in [6.45, 7) is 3.54. The SMILES string of the molecule is CN1CCN(c2ccc(C(=O)N[C@H](C(=O)N3C[C@@H](F)[C@H]4OCC(=O)[C@H]43)C3CCCC3)cc2)CC1.S.S.S.S. The Kier molecular flexibility index (Phi) is 13.8. The van der Waals surface area contributed by atoms with Crippen LogP contribution in [0, 0.1) is 5.92 Å². The van der Waals surface area contributed by atoms with Gasteiger partial charge in [-0.05, 0) is 50.1 Å². The van der Waals surface area contributed by atoms with Crippen molar-refractivity contribution in [1.82, 2.24) is 15.1 Å². The Morgan fingerprint density at radius 3 is 2.21 bits per heavy atom. The van der Waals surface area contributed by atoms with Gasteiger partial charge in [-0.3, -0.25) is 14.4 Å². The molecule has 0 radical (unpaired) electrons. The molecule has 1 aromatic rings. The lowest BCUT2D eigenvalue weighted by Crippen LogP contribution is -2.54. The highest BCUT2D eigenvalue weighted by molar-refractivity contribution is 7.59. The number of rotatable bonds is 5. The van der Waals surface area contributed by atoms with Crippen LogP contribution in [-0.2, 0) is 14.3 Å². The molecular weight excluding hydrogens is 568 g/mol. The topological polar surface area (TPSA) is 82.2 Å². The number of halogens is 1. The molecule has 13 heteroatoms. The molecule has 38 heavy (non-hydrogen) atoms. The first-order valence-electron chi connectivity index (χ1n) is 12.4. The maximum atomic E-state index is 14.5. The van der Waals surface area contributed by atoms with Crippen LogP contribution in [0.25, 0.3) is 0 Å². The van der Waals surface area contributed by atoms with Gasteiger partial charge in [0.2, 0.25) is 5.91 Å². The molecule has 4 aliphatic rings. The van der Waals surface area contributed by atoms with Crippen molar-refractivity contribution in [3.05, 3.63) is 29.8 Å². The normalized spacial score (nSPS) is 25.8. The van der Waals surface area contributed by atoms with Gasteiger partial charge in [0, 0.05) is 37.4 Å². The maximum absolute atomic E-state index is 14.5. The van der Waals surface area contributed by atoms with Crippen molar-refractivity contribution < 1.29 is 23.5 Å². The molecule has 0 aromatic heterocycles. The molecule has 4 fully saturated rings. The van der Waals surface area contributed by atoms with Crippen LogP contribution in [0.3, 0.4) is 0 Å². The second-order valence-electron chi connectivity index (χ2n) is 10.0. The van der Waals surface area contributed by atoms with Crippen molar-refractivity contribution in [2.45, 2.75) is 50.0 Å². The lowest BCUT2D eigenvalue weighted by molar-refractivity contribution is -0.139. The smallest absolute Gasteiger partial charge is 0.251 e. The number of nitrogens with zero attached hydrogens (tertiary/aromatic N) is 3. The van der Waals surface area contributed by atoms with Gasteiger partial charge >= 0.3 is 0 Å². The van der Waals surface area contributed by atoms with Crippen molar-refractivity contribution in [3.8, 4) is 0 Å². The minimum atomic E-state index is -1.39. The fourth-order valence-corrected chi connectivity index (χ4v) is 5.79. The molecular formula is C25H41FN4O4S4. The van der Waals surface area contributed by atoms with E-state index in [9.17, 15) is 18.8 Å². The predicted molar refractivity (Wildman–Crippen MR) is 166 cm³/mol. The van der Waals surface area contributed by atoms with E-state index in [-0.39, 0.29) is 90.6 Å². The number of ether oxygens (including phenoxy) is 1. The second kappa shape index (κ2) is 15.0. The number of likely N-dealkylation sites (N-methyl/N-ethyl adjacent to an activating group) is 1. The van der Waals surface area contributed by atoms with E-state index in [1.165, 1.54) is 4.90 Å². The molecule has 216 valence electrons. The molecule has 1 aliphatic carbocycles. The zero-order valence-corrected chi connectivity index (χ0v) is 25.6. The van der Waals surface area contributed by atoms with Crippen LogP contribution < -0.4 is 10.2 Å². The van der Waals surface area contributed by atoms with Crippen LogP contribution in [0.15, 0.2) is 24.3 Å². The quantitative estimate of drug-likeness (QED) is 0.548. The third-order valence-electron chi connectivity index (χ3n) is 7.83. The number of amides is 2. The summed E-state index contributed by atoms with van der Waals surface area (Å²) in [5.74, 6) is -0.981. The molecule has 0 spiro atoms. The first-order valence-corrected chi connectivity index (χ1v) is 12.4. The Morgan fingerprint density at radius 2 is 1.61 bits per heavy atom. The number of hydrogen-bond donors (Lipinski definition) is 1. The lowest BCUT2D eigenvalue weighted by atomic mass is 9.95. The zero-order chi connectivity index (χ0) is 23.8. The largest absolute Gasteiger partial charge is 0.369 e. The van der Waals surface area contributed by atoms with Crippen LogP contribution >= 0.6 is 54.0 Å². The second-order valence-corrected chi connectivity index (χ2v) is 10.0. The average Bonchev–Trinajstić information content (AvgIpc) is 3.58. The maximum Gasteiger partial charge on any atom is 0.251 e. The summed E-state index contributed by atoms with van der Waals surface area (Å²) >= 11 is 0. The highest BCUT2D eigenvalue weighted by Crippen LogP contribution is 2.33. The van der Waals surface area contributed by atoms with Gasteiger partial charge < -0.3 is 24.8 Å². The van der Waals surface area contributed by atoms with Gasteiger partial charge in [-0.25, -0.2) is 4.39 Å². The van der Waals surface area contributed by atoms with Crippen molar-refractivity contribution in [1.29, 1.82) is 0 Å². The number of ketones is 1. The number of anilines is 1. The number of Topliss-reactive ketones (excluding diaryl/α,β-unsaturated/α-hetero) is 1. The van der Waals surface area contributed by atoms with Gasteiger partial charge in [0.1, 0.15) is 31.0 Å². The molecule has 2 amide bonds. The summed E-state index contributed by atoms with van der Waals surface area (Å²) in [5.41, 5.74) is 1.56. The van der Waals surface area contributed by atoms with E-state index in [1.807, 2.05) is 12.1 Å². The van der Waals surface area contributed by atoms with Crippen molar-refractivity contribution in [2.24, 2.45) is 5.92 Å². The van der Waals surface area contributed by atoms with Crippen molar-refractivity contribution in [2.75, 3.05) is 51.3 Å². The fourth-order valence-electron chi connectivity index (χ4n) is 5.79. The molecule has 3 aliphatic heterocycles. The Morgan fingerprint density at radius 1 is 1.00 bits per heavy atom. The van der Waals surface area contributed by atoms with E-state index < -0.39 is 24.4 Å². The van der Waals surface area contributed by atoms with E-state index in [0.717, 1.165) is 57.5 Å². The van der Waals surface area contributed by atoms with E-state index in [0.29, 0.717) is 5.56 Å². The van der Waals surface area contributed by atoms with Crippen LogP contribution in [0.1, 0.15) is 36.0 Å². The molecule has 1 aromatic carbocycles. The molecule has 3 saturated heterocycles. The molecule has 0 bridgehead atoms. The molecule has 4 atom stereocenters. The molecule has 3 heterocycles. The van der Waals surface area contributed by atoms with Crippen molar-refractivity contribution >= 4 is 77.3 Å². The summed E-state index contributed by atoms with van der Waals surface area (Å²) in [4.78, 5) is 44.9. The minimum Gasteiger partial charge on any atom is -0.369 e. The highest BCUT2D eigenvalue weighted by atomic mass is 32.1. The van der Waals surface area contributed by atoms with Crippen LogP contribution in [-0.4, -0.2) is 98.1 Å². The van der Waals surface area contributed by atoms with Gasteiger partial charge in [-0.15, -0.1) is 0 Å². The van der Waals surface area contributed by atoms with Crippen molar-refractivity contribution in [3.63, 3.8) is 0 Å². The Hall–Kier alpha value is -1.12. The Balaban J connectivity index is 0.00000180. The number of alkyl halides is 1. The number of benzene rings is 1. The third kappa shape index (κ3) is 7.14. The standard InChI is InChI=1S/C25H33FN4O4.4H2S/c1-28-10-12-29(13-11-28)18-8-6-17(7-9-18)24(32)27-21(16-4-2-3-5-16)25(33)30-14-19(26)23-22(30)20(31)15-34-23;;;;/h6-9,16,19,21-23H,2-5,10-15H2,1H3,(H,27,32);4*1H2/t19-,21+,22-,23-;;;;/m1..../s1. The zero-order valence-electron chi connectivity index (χ0n) is 21.6. The van der Waals surface area contributed by atoms with Gasteiger partial charge in [0.15, 0.2) is 5.78 Å². The van der Waals surface area contributed by atoms with E-state index in [1.54, 1.807) is 12.1 Å². The highest BCUT2D eigenvalue weighted by Gasteiger charge is 2.54. The number of fused-ring (bicyclic) bond motifs is 1. The van der Waals surface area contributed by atoms with E-state index in [4.69, 9.17) is 4.74 Å². The number of piperazine rings is 1. The number of hydrogen-bond acceptors (Lipinski definition) is 6. The third-order valence-corrected chi connectivity index (χ3v) is 7.83. The number of carbonyl (C=O) groups is 3. The summed E-state index contributed by atoms with van der Waals surface area (Å²) in [7, 11) is 2.11. The molecule has 1 N–H and O–H groups in total. The van der Waals surface area contributed by atoms with Gasteiger partial charge in [-0.2, -0.15) is 54.0 Å². The molecule has 0 unspecified atom stereocenters. The number of nitrogens with one attached hydrogen (secondary N) is 1. The number of likely N-dealkylation sites (tertiary alicyclic amines) is 1. The first kappa shape index (κ1) is 34.9. The Labute approximate surface area is 252 Å². The van der Waals surface area contributed by atoms with Gasteiger partial charge in [0.05, 0.1) is 6.54 Å². The summed E-state index contributed by atoms with van der Waals surface area (Å²) < 4.78 is 19.8. The lowest BCUT2D eigenvalue weighted by Gasteiger charge is -2.34. The molecule has 5 rings (SSSR count). The first-order chi connectivity index (χ1) is 16.4. The van der Waals surface area contributed by atoms with Gasteiger partial charge in [0.25, 0.3) is 5.91 Å². The number of carbonyl (C=O) groups excluding carboxylic acids is 3. The van der Waals surface area contributed by atoms with Crippen LogP contribution in [0.4, 0.5) is 10.1 Å². The summed E-state index contributed by atoms with van der Waals surface area (Å²) in [6.07, 6.45) is 1.35. The summed E-state index contributed by atoms with van der Waals surface area (Å²) in [5, 5.41) is 2.94.